The van der Waals surface area contributed by atoms with E-state index in [9.17, 15) is 0 Å². The molecule has 0 radical (unpaired) electrons. The molecule has 0 amide bonds. The summed E-state index contributed by atoms with van der Waals surface area (Å²) in [4.78, 5) is 3.81. The van der Waals surface area contributed by atoms with Gasteiger partial charge in [0.05, 0.1) is 6.54 Å². The number of nitrogens with zero attached hydrogens (tertiary/aromatic N) is 1. The van der Waals surface area contributed by atoms with Gasteiger partial charge in [-0.3, -0.25) is 4.99 Å². The Bertz CT molecular complexity index is 101. The Morgan fingerprint density at radius 2 is 2.67 bits per heavy atom. The van der Waals surface area contributed by atoms with E-state index in [1.54, 1.807) is 6.08 Å². The van der Waals surface area contributed by atoms with Crippen LogP contribution in [0.2, 0.25) is 0 Å². The van der Waals surface area contributed by atoms with Crippen LogP contribution >= 0.6 is 11.6 Å². The zero-order valence-electron chi connectivity index (χ0n) is 3.19. The van der Waals surface area contributed by atoms with E-state index >= 15 is 0 Å². The standard InChI is InChI=1S/C4H4ClN/c5-4-2-1-3-6-4/h1-2H,3H2. The van der Waals surface area contributed by atoms with Gasteiger partial charge in [-0.05, 0) is 6.08 Å². The molecular weight excluding hydrogens is 97.5 g/mol. The fourth-order valence-electron chi connectivity index (χ4n) is 0.343. The Labute approximate surface area is 41.3 Å². The van der Waals surface area contributed by atoms with E-state index in [2.05, 4.69) is 4.99 Å². The molecule has 0 aromatic rings. The van der Waals surface area contributed by atoms with Gasteiger partial charge in [0.15, 0.2) is 0 Å². The van der Waals surface area contributed by atoms with Gasteiger partial charge in [-0.15, -0.1) is 0 Å². The van der Waals surface area contributed by atoms with Gasteiger partial charge in [0.1, 0.15) is 5.17 Å². The molecular formula is C4H4ClN. The summed E-state index contributed by atoms with van der Waals surface area (Å²) in [5, 5.41) is 0.620. The molecule has 0 unspecified atom stereocenters. The van der Waals surface area contributed by atoms with Crippen molar-refractivity contribution < 1.29 is 0 Å². The Hall–Kier alpha value is -0.300. The molecule has 0 aliphatic carbocycles. The normalized spacial score (nSPS) is 18.5. The van der Waals surface area contributed by atoms with Gasteiger partial charge in [-0.2, -0.15) is 0 Å². The Kier molecular flexibility index (Phi) is 0.926. The fourth-order valence-corrected chi connectivity index (χ4v) is 0.501. The minimum Gasteiger partial charge on any atom is -0.269 e. The van der Waals surface area contributed by atoms with Crippen LogP contribution in [-0.2, 0) is 0 Å². The molecule has 0 aromatic heterocycles. The summed E-state index contributed by atoms with van der Waals surface area (Å²) >= 11 is 5.38. The first-order valence-electron chi connectivity index (χ1n) is 1.76. The third-order valence-corrected chi connectivity index (χ3v) is 0.849. The van der Waals surface area contributed by atoms with E-state index in [4.69, 9.17) is 11.6 Å². The van der Waals surface area contributed by atoms with Crippen molar-refractivity contribution in [2.75, 3.05) is 6.54 Å². The maximum Gasteiger partial charge on any atom is 0.123 e. The van der Waals surface area contributed by atoms with Crippen molar-refractivity contribution in [1.82, 2.24) is 0 Å². The molecule has 0 atom stereocenters. The zero-order chi connectivity index (χ0) is 4.41. The molecule has 32 valence electrons. The lowest BCUT2D eigenvalue weighted by Crippen LogP contribution is -1.67. The van der Waals surface area contributed by atoms with Gasteiger partial charge in [0.25, 0.3) is 0 Å². The fraction of sp³-hybridized carbons (Fsp3) is 0.250. The molecule has 0 fully saturated rings. The van der Waals surface area contributed by atoms with Crippen molar-refractivity contribution in [3.05, 3.63) is 12.2 Å². The molecule has 0 saturated heterocycles. The number of rotatable bonds is 0. The minimum atomic E-state index is 0.620. The SMILES string of the molecule is ClC1=NCC=C1. The molecule has 1 aliphatic heterocycles. The lowest BCUT2D eigenvalue weighted by molar-refractivity contribution is 1.29. The van der Waals surface area contributed by atoms with Crippen LogP contribution in [0.1, 0.15) is 0 Å². The second kappa shape index (κ2) is 1.43. The molecule has 0 saturated carbocycles. The van der Waals surface area contributed by atoms with Crippen LogP contribution in [0.3, 0.4) is 0 Å². The molecule has 0 bridgehead atoms. The lowest BCUT2D eigenvalue weighted by Gasteiger charge is -1.69. The van der Waals surface area contributed by atoms with Crippen molar-refractivity contribution in [1.29, 1.82) is 0 Å². The van der Waals surface area contributed by atoms with Gasteiger partial charge in [0, 0.05) is 0 Å². The maximum atomic E-state index is 5.38. The second-order valence-corrected chi connectivity index (χ2v) is 1.45. The van der Waals surface area contributed by atoms with E-state index in [-0.39, 0.29) is 0 Å². The van der Waals surface area contributed by atoms with E-state index < -0.39 is 0 Å². The molecule has 1 rings (SSSR count). The Balaban J connectivity index is 2.68. The molecule has 6 heavy (non-hydrogen) atoms. The topological polar surface area (TPSA) is 12.4 Å². The highest BCUT2D eigenvalue weighted by Gasteiger charge is 1.88. The van der Waals surface area contributed by atoms with Gasteiger partial charge in [-0.1, -0.05) is 17.7 Å². The minimum absolute atomic E-state index is 0.620. The van der Waals surface area contributed by atoms with Crippen molar-refractivity contribution in [3.63, 3.8) is 0 Å². The summed E-state index contributed by atoms with van der Waals surface area (Å²) in [7, 11) is 0. The molecule has 0 N–H and O–H groups in total. The third kappa shape index (κ3) is 0.601. The summed E-state index contributed by atoms with van der Waals surface area (Å²) in [6.45, 7) is 0.763. The molecule has 1 nitrogen and oxygen atoms in total. The molecule has 0 spiro atoms. The predicted molar refractivity (Wildman–Crippen MR) is 27.3 cm³/mol. The second-order valence-electron chi connectivity index (χ2n) is 1.07. The Morgan fingerprint density at radius 1 is 1.83 bits per heavy atom. The van der Waals surface area contributed by atoms with Crippen molar-refractivity contribution in [3.8, 4) is 0 Å². The van der Waals surface area contributed by atoms with Crippen molar-refractivity contribution >= 4 is 16.8 Å². The summed E-state index contributed by atoms with van der Waals surface area (Å²) in [6, 6.07) is 0. The van der Waals surface area contributed by atoms with Crippen LogP contribution in [-0.4, -0.2) is 11.7 Å². The molecule has 0 aromatic carbocycles. The lowest BCUT2D eigenvalue weighted by atomic mass is 10.6. The van der Waals surface area contributed by atoms with Crippen LogP contribution in [0.15, 0.2) is 17.1 Å². The number of hydrogen-bond acceptors (Lipinski definition) is 1. The smallest absolute Gasteiger partial charge is 0.123 e. The van der Waals surface area contributed by atoms with Gasteiger partial charge < -0.3 is 0 Å². The van der Waals surface area contributed by atoms with Crippen LogP contribution < -0.4 is 0 Å². The first-order chi connectivity index (χ1) is 2.89. The van der Waals surface area contributed by atoms with Crippen LogP contribution in [0, 0.1) is 0 Å². The van der Waals surface area contributed by atoms with Crippen LogP contribution in [0.5, 0.6) is 0 Å². The third-order valence-electron chi connectivity index (χ3n) is 0.603. The summed E-state index contributed by atoms with van der Waals surface area (Å²) in [5.74, 6) is 0. The van der Waals surface area contributed by atoms with Gasteiger partial charge in [-0.25, -0.2) is 0 Å². The number of aliphatic imine (C=N–C) groups is 1. The number of hydrogen-bond donors (Lipinski definition) is 0. The number of allylic oxidation sites excluding steroid dienone is 1. The van der Waals surface area contributed by atoms with Crippen molar-refractivity contribution in [2.45, 2.75) is 0 Å². The molecule has 2 heteroatoms. The highest BCUT2D eigenvalue weighted by molar-refractivity contribution is 6.68. The first-order valence-corrected chi connectivity index (χ1v) is 2.14. The molecule has 1 aliphatic rings. The summed E-state index contributed by atoms with van der Waals surface area (Å²) in [6.07, 6.45) is 3.71. The van der Waals surface area contributed by atoms with Crippen molar-refractivity contribution in [2.24, 2.45) is 4.99 Å². The quantitative estimate of drug-likeness (QED) is 0.435. The zero-order valence-corrected chi connectivity index (χ0v) is 3.94. The van der Waals surface area contributed by atoms with Crippen LogP contribution in [0.25, 0.3) is 0 Å². The highest BCUT2D eigenvalue weighted by Crippen LogP contribution is 1.95. The van der Waals surface area contributed by atoms with E-state index in [0.717, 1.165) is 6.54 Å². The van der Waals surface area contributed by atoms with Gasteiger partial charge >= 0.3 is 0 Å². The number of halogens is 1. The van der Waals surface area contributed by atoms with Crippen LogP contribution in [0.4, 0.5) is 0 Å². The largest absolute Gasteiger partial charge is 0.269 e. The molecule has 1 heterocycles. The monoisotopic (exact) mass is 101 g/mol. The van der Waals surface area contributed by atoms with E-state index in [0.29, 0.717) is 5.17 Å². The average molecular weight is 102 g/mol. The van der Waals surface area contributed by atoms with Gasteiger partial charge in [0.2, 0.25) is 0 Å². The highest BCUT2D eigenvalue weighted by atomic mass is 35.5. The first kappa shape index (κ1) is 3.88. The summed E-state index contributed by atoms with van der Waals surface area (Å²) < 4.78 is 0. The average Bonchev–Trinajstić information content (AvgIpc) is 1.86. The van der Waals surface area contributed by atoms with E-state index in [1.165, 1.54) is 0 Å². The predicted octanol–water partition coefficient (Wildman–Crippen LogP) is 1.19. The Morgan fingerprint density at radius 3 is 2.83 bits per heavy atom. The maximum absolute atomic E-state index is 5.38. The summed E-state index contributed by atoms with van der Waals surface area (Å²) in [5.41, 5.74) is 0. The van der Waals surface area contributed by atoms with E-state index in [1.807, 2.05) is 6.08 Å².